The van der Waals surface area contributed by atoms with Crippen LogP contribution < -0.4 is 4.74 Å². The van der Waals surface area contributed by atoms with E-state index in [1.54, 1.807) is 42.5 Å². The van der Waals surface area contributed by atoms with E-state index in [2.05, 4.69) is 0 Å². The monoisotopic (exact) mass is 266 g/mol. The largest absolute Gasteiger partial charge is 0.457 e. The smallest absolute Gasteiger partial charge is 0.150 e. The number of carbonyl (C=O) groups excluding carboxylic acids is 1. The third kappa shape index (κ3) is 3.22. The molecule has 2 aromatic carbocycles. The summed E-state index contributed by atoms with van der Waals surface area (Å²) in [6, 6.07) is 11.8. The molecule has 0 spiro atoms. The van der Waals surface area contributed by atoms with Gasteiger partial charge in [-0.3, -0.25) is 4.79 Å². The molecule has 0 saturated carbocycles. The standard InChI is InChI=1S/C13H8Cl2O2/c14-10-5-11(15)7-13(6-10)17-12-3-1-2-9(4-12)8-16/h1-8H. The molecule has 2 nitrogen and oxygen atoms in total. The van der Waals surface area contributed by atoms with Crippen molar-refractivity contribution in [1.82, 2.24) is 0 Å². The van der Waals surface area contributed by atoms with Gasteiger partial charge >= 0.3 is 0 Å². The van der Waals surface area contributed by atoms with Crippen LogP contribution in [0.2, 0.25) is 10.0 Å². The molecule has 0 unspecified atom stereocenters. The van der Waals surface area contributed by atoms with Gasteiger partial charge in [-0.15, -0.1) is 0 Å². The average molecular weight is 267 g/mol. The molecule has 2 aromatic rings. The summed E-state index contributed by atoms with van der Waals surface area (Å²) >= 11 is 11.7. The summed E-state index contributed by atoms with van der Waals surface area (Å²) in [5, 5.41) is 0.998. The Hall–Kier alpha value is -1.51. The summed E-state index contributed by atoms with van der Waals surface area (Å²) < 4.78 is 5.55. The molecular formula is C13H8Cl2O2. The highest BCUT2D eigenvalue weighted by molar-refractivity contribution is 6.34. The normalized spacial score (nSPS) is 10.0. The Labute approximate surface area is 109 Å². The Bertz CT molecular complexity index is 533. The lowest BCUT2D eigenvalue weighted by molar-refractivity contribution is 0.112. The van der Waals surface area contributed by atoms with E-state index < -0.39 is 0 Å². The maximum Gasteiger partial charge on any atom is 0.150 e. The molecule has 0 N–H and O–H groups in total. The van der Waals surface area contributed by atoms with E-state index >= 15 is 0 Å². The summed E-state index contributed by atoms with van der Waals surface area (Å²) in [4.78, 5) is 10.6. The second-order valence-electron chi connectivity index (χ2n) is 3.40. The molecule has 0 saturated heterocycles. The number of halogens is 2. The van der Waals surface area contributed by atoms with Crippen LogP contribution in [0.15, 0.2) is 42.5 Å². The van der Waals surface area contributed by atoms with Gasteiger partial charge in [-0.25, -0.2) is 0 Å². The first-order chi connectivity index (χ1) is 8.17. The molecule has 0 aromatic heterocycles. The van der Waals surface area contributed by atoms with Crippen molar-refractivity contribution in [3.8, 4) is 11.5 Å². The van der Waals surface area contributed by atoms with Gasteiger partial charge in [-0.1, -0.05) is 35.3 Å². The number of hydrogen-bond acceptors (Lipinski definition) is 2. The minimum absolute atomic E-state index is 0.499. The molecule has 0 amide bonds. The zero-order chi connectivity index (χ0) is 12.3. The summed E-state index contributed by atoms with van der Waals surface area (Å²) in [5.41, 5.74) is 0.552. The van der Waals surface area contributed by atoms with Crippen molar-refractivity contribution in [2.45, 2.75) is 0 Å². The van der Waals surface area contributed by atoms with Crippen molar-refractivity contribution in [3.63, 3.8) is 0 Å². The van der Waals surface area contributed by atoms with Gasteiger partial charge in [0.05, 0.1) is 0 Å². The van der Waals surface area contributed by atoms with Gasteiger partial charge in [0.25, 0.3) is 0 Å². The first-order valence-corrected chi connectivity index (χ1v) is 5.62. The minimum atomic E-state index is 0.499. The van der Waals surface area contributed by atoms with E-state index in [1.165, 1.54) is 0 Å². The van der Waals surface area contributed by atoms with E-state index in [4.69, 9.17) is 27.9 Å². The molecule has 86 valence electrons. The highest BCUT2D eigenvalue weighted by atomic mass is 35.5. The lowest BCUT2D eigenvalue weighted by Gasteiger charge is -2.06. The van der Waals surface area contributed by atoms with Crippen LogP contribution in [0.4, 0.5) is 0 Å². The minimum Gasteiger partial charge on any atom is -0.457 e. The van der Waals surface area contributed by atoms with Gasteiger partial charge in [-0.05, 0) is 30.3 Å². The predicted octanol–water partition coefficient (Wildman–Crippen LogP) is 4.60. The number of aldehydes is 1. The number of ether oxygens (including phenoxy) is 1. The fourth-order valence-corrected chi connectivity index (χ4v) is 1.88. The Morgan fingerprint density at radius 1 is 0.941 bits per heavy atom. The van der Waals surface area contributed by atoms with Crippen LogP contribution in [0.1, 0.15) is 10.4 Å². The summed E-state index contributed by atoms with van der Waals surface area (Å²) in [6.07, 6.45) is 0.762. The molecule has 0 radical (unpaired) electrons. The fraction of sp³-hybridized carbons (Fsp3) is 0. The summed E-state index contributed by atoms with van der Waals surface area (Å²) in [5.74, 6) is 1.10. The second kappa shape index (κ2) is 5.21. The van der Waals surface area contributed by atoms with Crippen LogP contribution in [0.25, 0.3) is 0 Å². The number of benzene rings is 2. The van der Waals surface area contributed by atoms with Gasteiger partial charge in [-0.2, -0.15) is 0 Å². The molecule has 4 heteroatoms. The van der Waals surface area contributed by atoms with Crippen LogP contribution in [0.3, 0.4) is 0 Å². The zero-order valence-electron chi connectivity index (χ0n) is 8.69. The van der Waals surface area contributed by atoms with Crippen LogP contribution in [-0.2, 0) is 0 Å². The lowest BCUT2D eigenvalue weighted by Crippen LogP contribution is -1.86. The Morgan fingerprint density at radius 3 is 2.29 bits per heavy atom. The third-order valence-corrected chi connectivity index (χ3v) is 2.50. The highest BCUT2D eigenvalue weighted by Crippen LogP contribution is 2.28. The molecule has 17 heavy (non-hydrogen) atoms. The summed E-state index contributed by atoms with van der Waals surface area (Å²) in [7, 11) is 0. The topological polar surface area (TPSA) is 26.3 Å². The van der Waals surface area contributed by atoms with Crippen molar-refractivity contribution in [1.29, 1.82) is 0 Å². The van der Waals surface area contributed by atoms with Crippen molar-refractivity contribution in [2.24, 2.45) is 0 Å². The van der Waals surface area contributed by atoms with Crippen LogP contribution in [-0.4, -0.2) is 6.29 Å². The number of hydrogen-bond donors (Lipinski definition) is 0. The highest BCUT2D eigenvalue weighted by Gasteiger charge is 2.01. The van der Waals surface area contributed by atoms with E-state index in [0.717, 1.165) is 6.29 Å². The van der Waals surface area contributed by atoms with E-state index in [-0.39, 0.29) is 0 Å². The maximum atomic E-state index is 10.6. The van der Waals surface area contributed by atoms with Crippen LogP contribution in [0.5, 0.6) is 11.5 Å². The van der Waals surface area contributed by atoms with Gasteiger partial charge in [0, 0.05) is 15.6 Å². The molecule has 0 bridgehead atoms. The molecule has 0 aliphatic rings. The van der Waals surface area contributed by atoms with Crippen LogP contribution >= 0.6 is 23.2 Å². The van der Waals surface area contributed by atoms with Crippen molar-refractivity contribution in [3.05, 3.63) is 58.1 Å². The number of carbonyl (C=O) groups is 1. The Balaban J connectivity index is 2.27. The lowest BCUT2D eigenvalue weighted by atomic mass is 10.2. The average Bonchev–Trinajstić information content (AvgIpc) is 2.28. The second-order valence-corrected chi connectivity index (χ2v) is 4.27. The van der Waals surface area contributed by atoms with E-state index in [1.807, 2.05) is 0 Å². The molecule has 0 aliphatic carbocycles. The van der Waals surface area contributed by atoms with Gasteiger partial charge in [0.15, 0.2) is 0 Å². The number of rotatable bonds is 3. The fourth-order valence-electron chi connectivity index (χ4n) is 1.37. The van der Waals surface area contributed by atoms with Crippen LogP contribution in [0, 0.1) is 0 Å². The Morgan fingerprint density at radius 2 is 1.65 bits per heavy atom. The van der Waals surface area contributed by atoms with Gasteiger partial charge in [0.1, 0.15) is 17.8 Å². The molecule has 2 rings (SSSR count). The quantitative estimate of drug-likeness (QED) is 0.760. The zero-order valence-corrected chi connectivity index (χ0v) is 10.2. The molecule has 0 fully saturated rings. The van der Waals surface area contributed by atoms with Gasteiger partial charge in [0.2, 0.25) is 0 Å². The Kier molecular flexibility index (Phi) is 3.67. The molecule has 0 aliphatic heterocycles. The van der Waals surface area contributed by atoms with Crippen molar-refractivity contribution >= 4 is 29.5 Å². The van der Waals surface area contributed by atoms with Crippen molar-refractivity contribution < 1.29 is 9.53 Å². The molecule has 0 atom stereocenters. The SMILES string of the molecule is O=Cc1cccc(Oc2cc(Cl)cc(Cl)c2)c1. The molecule has 0 heterocycles. The van der Waals surface area contributed by atoms with Crippen molar-refractivity contribution in [2.75, 3.05) is 0 Å². The van der Waals surface area contributed by atoms with Gasteiger partial charge < -0.3 is 4.74 Å². The predicted molar refractivity (Wildman–Crippen MR) is 68.4 cm³/mol. The maximum absolute atomic E-state index is 10.6. The molecular weight excluding hydrogens is 259 g/mol. The third-order valence-electron chi connectivity index (χ3n) is 2.07. The first-order valence-electron chi connectivity index (χ1n) is 4.86. The first kappa shape index (κ1) is 12.0. The van der Waals surface area contributed by atoms with E-state index in [9.17, 15) is 4.79 Å². The van der Waals surface area contributed by atoms with E-state index in [0.29, 0.717) is 27.1 Å². The summed E-state index contributed by atoms with van der Waals surface area (Å²) in [6.45, 7) is 0.